The maximum Gasteiger partial charge on any atom is 0.460 e. The summed E-state index contributed by atoms with van der Waals surface area (Å²) in [5.41, 5.74) is -0.272. The van der Waals surface area contributed by atoms with E-state index in [0.717, 1.165) is 12.1 Å². The molecule has 48 heavy (non-hydrogen) atoms. The fourth-order valence-electron chi connectivity index (χ4n) is 3.82. The Morgan fingerprint density at radius 1 is 0.896 bits per heavy atom. The molecule has 0 aliphatic carbocycles. The van der Waals surface area contributed by atoms with Gasteiger partial charge in [0.2, 0.25) is 0 Å². The zero-order valence-electron chi connectivity index (χ0n) is 24.5. The third-order valence-electron chi connectivity index (χ3n) is 6.45. The Morgan fingerprint density at radius 2 is 1.46 bits per heavy atom. The van der Waals surface area contributed by atoms with Gasteiger partial charge in [0.1, 0.15) is 18.1 Å². The number of carbonyl (C=O) groups excluding carboxylic acids is 1. The number of amides is 1. The highest BCUT2D eigenvalue weighted by atomic mass is 19.4. The predicted molar refractivity (Wildman–Crippen MR) is 140 cm³/mol. The van der Waals surface area contributed by atoms with E-state index in [4.69, 9.17) is 9.47 Å². The molecule has 2 aromatic carbocycles. The van der Waals surface area contributed by atoms with E-state index in [2.05, 4.69) is 4.74 Å². The van der Waals surface area contributed by atoms with Crippen molar-refractivity contribution in [3.8, 4) is 11.5 Å². The second kappa shape index (κ2) is 14.8. The van der Waals surface area contributed by atoms with Crippen LogP contribution in [0.3, 0.4) is 0 Å². The molecular weight excluding hydrogens is 689 g/mol. The summed E-state index contributed by atoms with van der Waals surface area (Å²) in [6, 6.07) is 7.55. The molecule has 0 heterocycles. The Morgan fingerprint density at radius 3 is 1.96 bits per heavy atom. The van der Waals surface area contributed by atoms with E-state index in [1.54, 1.807) is 6.92 Å². The summed E-state index contributed by atoms with van der Waals surface area (Å²) < 4.78 is 164. The number of halogens is 11. The van der Waals surface area contributed by atoms with Crippen molar-refractivity contribution in [1.82, 2.24) is 4.90 Å². The number of carbonyl (C=O) groups is 2. The quantitative estimate of drug-likeness (QED) is 0.113. The van der Waals surface area contributed by atoms with E-state index in [0.29, 0.717) is 11.6 Å². The minimum atomic E-state index is -7.73. The molecule has 0 aromatic heterocycles. The minimum absolute atomic E-state index is 0.00597. The van der Waals surface area contributed by atoms with Gasteiger partial charge in [0.25, 0.3) is 5.69 Å². The molecule has 1 atom stereocenters. The van der Waals surface area contributed by atoms with Gasteiger partial charge in [-0.2, -0.15) is 48.3 Å². The summed E-state index contributed by atoms with van der Waals surface area (Å²) in [6.45, 7) is -2.26. The first-order chi connectivity index (χ1) is 21.9. The molecule has 1 N–H and O–H groups in total. The number of hydrogen-bond donors (Lipinski definition) is 1. The first kappa shape index (κ1) is 39.7. The molecule has 0 spiro atoms. The fourth-order valence-corrected chi connectivity index (χ4v) is 3.82. The number of ether oxygens (including phenoxy) is 3. The molecule has 1 unspecified atom stereocenters. The van der Waals surface area contributed by atoms with Crippen LogP contribution in [0.1, 0.15) is 18.1 Å². The number of carboxylic acids is 1. The van der Waals surface area contributed by atoms with Gasteiger partial charge in [-0.1, -0.05) is 12.1 Å². The van der Waals surface area contributed by atoms with Crippen LogP contribution >= 0.6 is 0 Å². The zero-order chi connectivity index (χ0) is 36.9. The van der Waals surface area contributed by atoms with Crippen molar-refractivity contribution in [2.45, 2.75) is 56.2 Å². The van der Waals surface area contributed by atoms with E-state index in [1.165, 1.54) is 31.2 Å². The van der Waals surface area contributed by atoms with Gasteiger partial charge in [0.15, 0.2) is 6.10 Å². The lowest BCUT2D eigenvalue weighted by Gasteiger charge is -2.38. The van der Waals surface area contributed by atoms with Gasteiger partial charge >= 0.3 is 41.9 Å². The van der Waals surface area contributed by atoms with E-state index in [9.17, 15) is 73.1 Å². The summed E-state index contributed by atoms with van der Waals surface area (Å²) in [5.74, 6) is -31.4. The largest absolute Gasteiger partial charge is 0.492 e. The molecule has 0 aliphatic heterocycles. The summed E-state index contributed by atoms with van der Waals surface area (Å²) in [4.78, 5) is 33.7. The lowest BCUT2D eigenvalue weighted by molar-refractivity contribution is -0.422. The van der Waals surface area contributed by atoms with Crippen LogP contribution < -0.4 is 9.47 Å². The van der Waals surface area contributed by atoms with E-state index < -0.39 is 89.0 Å². The molecule has 2 rings (SSSR count). The topological polar surface area (TPSA) is 128 Å². The second-order valence-corrected chi connectivity index (χ2v) is 9.90. The van der Waals surface area contributed by atoms with E-state index >= 15 is 0 Å². The van der Waals surface area contributed by atoms with Gasteiger partial charge in [-0.05, 0) is 43.7 Å². The lowest BCUT2D eigenvalue weighted by atomic mass is 9.97. The van der Waals surface area contributed by atoms with Crippen LogP contribution in [0.15, 0.2) is 42.5 Å². The number of rotatable bonds is 16. The number of nitro benzene ring substituents is 1. The van der Waals surface area contributed by atoms with Crippen LogP contribution in [0.5, 0.6) is 11.5 Å². The van der Waals surface area contributed by atoms with Gasteiger partial charge < -0.3 is 19.3 Å². The van der Waals surface area contributed by atoms with Crippen molar-refractivity contribution in [2.24, 2.45) is 0 Å². The first-order valence-corrected chi connectivity index (χ1v) is 13.3. The first-order valence-electron chi connectivity index (χ1n) is 13.3. The summed E-state index contributed by atoms with van der Waals surface area (Å²) in [5, 5.41) is 20.3. The van der Waals surface area contributed by atoms with Crippen molar-refractivity contribution in [3.05, 3.63) is 63.7 Å². The Bertz CT molecular complexity index is 1450. The molecular formula is C27H25F11N2O8. The number of nitrogens with zero attached hydrogens (tertiary/aromatic N) is 2. The lowest BCUT2D eigenvalue weighted by Crippen LogP contribution is -2.68. The highest BCUT2D eigenvalue weighted by Crippen LogP contribution is 2.57. The normalized spacial score (nSPS) is 13.5. The number of nitro groups is 1. The molecule has 0 aliphatic rings. The maximum absolute atomic E-state index is 14.6. The smallest absolute Gasteiger partial charge is 0.460 e. The van der Waals surface area contributed by atoms with Crippen molar-refractivity contribution in [2.75, 3.05) is 26.3 Å². The monoisotopic (exact) mass is 714 g/mol. The zero-order valence-corrected chi connectivity index (χ0v) is 24.5. The van der Waals surface area contributed by atoms with Crippen LogP contribution in [-0.2, 0) is 16.0 Å². The van der Waals surface area contributed by atoms with Crippen LogP contribution in [0.4, 0.5) is 58.8 Å². The number of carboxylic acid groups (broad SMARTS) is 1. The highest BCUT2D eigenvalue weighted by molar-refractivity contribution is 5.73. The Hall–Kier alpha value is -4.43. The molecule has 0 fully saturated rings. The van der Waals surface area contributed by atoms with Crippen molar-refractivity contribution >= 4 is 17.7 Å². The average molecular weight is 714 g/mol. The number of alkyl halides is 11. The Labute approximate surface area is 263 Å². The molecule has 10 nitrogen and oxygen atoms in total. The Balaban J connectivity index is 2.35. The van der Waals surface area contributed by atoms with Crippen molar-refractivity contribution in [1.29, 1.82) is 0 Å². The van der Waals surface area contributed by atoms with Crippen molar-refractivity contribution < 1.29 is 82.1 Å². The minimum Gasteiger partial charge on any atom is -0.492 e. The van der Waals surface area contributed by atoms with Crippen LogP contribution in [0, 0.1) is 17.0 Å². The van der Waals surface area contributed by atoms with Crippen LogP contribution in [-0.4, -0.2) is 89.3 Å². The second-order valence-electron chi connectivity index (χ2n) is 9.90. The summed E-state index contributed by atoms with van der Waals surface area (Å²) >= 11 is 0. The van der Waals surface area contributed by atoms with Crippen LogP contribution in [0.2, 0.25) is 0 Å². The average Bonchev–Trinajstić information content (AvgIpc) is 2.97. The number of aliphatic carboxylic acids is 1. The highest BCUT2D eigenvalue weighted by Gasteiger charge is 2.87. The molecule has 21 heteroatoms. The Kier molecular flexibility index (Phi) is 12.2. The van der Waals surface area contributed by atoms with Gasteiger partial charge in [-0.3, -0.25) is 15.0 Å². The van der Waals surface area contributed by atoms with Gasteiger partial charge in [0, 0.05) is 18.6 Å². The van der Waals surface area contributed by atoms with Gasteiger partial charge in [0.05, 0.1) is 24.1 Å². The summed E-state index contributed by atoms with van der Waals surface area (Å²) in [6.07, 6.45) is -10.8. The van der Waals surface area contributed by atoms with E-state index in [1.807, 2.05) is 0 Å². The predicted octanol–water partition coefficient (Wildman–Crippen LogP) is 6.92. The van der Waals surface area contributed by atoms with Crippen molar-refractivity contribution in [3.63, 3.8) is 0 Å². The summed E-state index contributed by atoms with van der Waals surface area (Å²) in [7, 11) is 0. The van der Waals surface area contributed by atoms with Crippen LogP contribution in [0.25, 0.3) is 0 Å². The number of benzene rings is 2. The third-order valence-corrected chi connectivity index (χ3v) is 6.45. The van der Waals surface area contributed by atoms with E-state index in [-0.39, 0.29) is 24.3 Å². The molecule has 0 bridgehead atoms. The molecule has 2 aromatic rings. The standard InChI is InChI=1S/C27H25F11N2O8/c1-3-46-20(21(41)42)12-16-5-8-17(9-6-16)47-11-10-39(22(43)48-18-7-4-15(2)19(13-18)40(44)45)14-23(28,29)24(30,31)25(32,33)26(34,35)27(36,37)38/h4-9,13,20H,3,10-12,14H2,1-2H3,(H,41,42). The fraction of sp³-hybridized carbons (Fsp3) is 0.481. The molecule has 1 amide bonds. The third kappa shape index (κ3) is 8.72. The molecule has 0 radical (unpaired) electrons. The number of aryl methyl sites for hydroxylation is 1. The SMILES string of the molecule is CCOC(Cc1ccc(OCCN(CC(F)(F)C(F)(F)C(F)(F)C(F)(F)C(F)(F)F)C(=O)Oc2ccc(C)c([N+](=O)[O-])c2)cc1)C(=O)O. The molecule has 268 valence electrons. The number of hydrogen-bond acceptors (Lipinski definition) is 7. The molecule has 0 saturated heterocycles. The van der Waals surface area contributed by atoms with Gasteiger partial charge in [-0.15, -0.1) is 0 Å². The molecule has 0 saturated carbocycles. The van der Waals surface area contributed by atoms with Gasteiger partial charge in [-0.25, -0.2) is 9.59 Å². The maximum atomic E-state index is 14.6.